The highest BCUT2D eigenvalue weighted by atomic mass is 35.5. The van der Waals surface area contributed by atoms with Crippen molar-refractivity contribution in [1.82, 2.24) is 10.7 Å². The molecule has 2 aromatic carbocycles. The van der Waals surface area contributed by atoms with Crippen LogP contribution in [0.15, 0.2) is 41.5 Å². The van der Waals surface area contributed by atoms with E-state index >= 15 is 0 Å². The Balaban J connectivity index is 1.80. The topological polar surface area (TPSA) is 109 Å². The number of rotatable bonds is 9. The van der Waals surface area contributed by atoms with Crippen LogP contribution in [0.3, 0.4) is 0 Å². The summed E-state index contributed by atoms with van der Waals surface area (Å²) in [7, 11) is 1.55. The zero-order valence-electron chi connectivity index (χ0n) is 16.1. The molecule has 0 radical (unpaired) electrons. The molecule has 8 nitrogen and oxygen atoms in total. The maximum atomic E-state index is 12.0. The van der Waals surface area contributed by atoms with Gasteiger partial charge in [-0.2, -0.15) is 5.10 Å². The number of aromatic hydroxyl groups is 1. The molecule has 9 heteroatoms. The number of nitrogens with zero attached hydrogens (tertiary/aromatic N) is 1. The van der Waals surface area contributed by atoms with Crippen LogP contribution in [0.4, 0.5) is 0 Å². The van der Waals surface area contributed by atoms with Crippen molar-refractivity contribution in [2.24, 2.45) is 5.10 Å². The van der Waals surface area contributed by atoms with E-state index in [1.807, 2.05) is 0 Å². The van der Waals surface area contributed by atoms with E-state index in [2.05, 4.69) is 15.8 Å². The number of carbonyl (C=O) groups excluding carboxylic acids is 2. The number of halogens is 1. The van der Waals surface area contributed by atoms with Crippen LogP contribution >= 0.6 is 11.6 Å². The van der Waals surface area contributed by atoms with Gasteiger partial charge in [0.2, 0.25) is 5.91 Å². The number of hydrogen-bond donors (Lipinski definition) is 3. The lowest BCUT2D eigenvalue weighted by Crippen LogP contribution is -2.29. The minimum absolute atomic E-state index is 0.0553. The summed E-state index contributed by atoms with van der Waals surface area (Å²) >= 11 is 5.94. The van der Waals surface area contributed by atoms with Gasteiger partial charge in [-0.15, -0.1) is 0 Å². The second kappa shape index (κ2) is 10.9. The second-order valence-corrected chi connectivity index (χ2v) is 6.22. The SMILES string of the molecule is CCOc1cc(/C=N/NC(=O)CCNC(=O)c2ccc(OC)cc2)cc(Cl)c1O. The Hall–Kier alpha value is -3.26. The van der Waals surface area contributed by atoms with Crippen LogP contribution < -0.4 is 20.2 Å². The monoisotopic (exact) mass is 419 g/mol. The molecule has 2 aromatic rings. The van der Waals surface area contributed by atoms with Crippen molar-refractivity contribution in [2.75, 3.05) is 20.3 Å². The van der Waals surface area contributed by atoms with Crippen molar-refractivity contribution in [3.05, 3.63) is 52.5 Å². The Bertz CT molecular complexity index is 884. The van der Waals surface area contributed by atoms with E-state index in [0.717, 1.165) is 0 Å². The zero-order chi connectivity index (χ0) is 21.2. The van der Waals surface area contributed by atoms with Gasteiger partial charge in [-0.1, -0.05) is 11.6 Å². The number of ether oxygens (including phenoxy) is 2. The molecule has 2 rings (SSSR count). The predicted octanol–water partition coefficient (Wildman–Crippen LogP) is 2.72. The van der Waals surface area contributed by atoms with Gasteiger partial charge in [-0.3, -0.25) is 9.59 Å². The lowest BCUT2D eigenvalue weighted by Gasteiger charge is -2.08. The Labute approximate surface area is 173 Å². The standard InChI is InChI=1S/C20H22ClN3O5/c1-3-29-17-11-13(10-16(21)19(17)26)12-23-24-18(25)8-9-22-20(27)14-4-6-15(28-2)7-5-14/h4-7,10-12,26H,3,8-9H2,1-2H3,(H,22,27)(H,24,25)/b23-12+. The number of phenols is 1. The molecular weight excluding hydrogens is 398 g/mol. The number of benzene rings is 2. The quantitative estimate of drug-likeness (QED) is 0.427. The summed E-state index contributed by atoms with van der Waals surface area (Å²) in [5, 5.41) is 16.4. The number of phenolic OH excluding ortho intramolecular Hbond substituents is 1. The molecule has 0 bridgehead atoms. The first-order valence-electron chi connectivity index (χ1n) is 8.84. The van der Waals surface area contributed by atoms with Crippen LogP contribution in [0, 0.1) is 0 Å². The van der Waals surface area contributed by atoms with Gasteiger partial charge in [0.15, 0.2) is 11.5 Å². The second-order valence-electron chi connectivity index (χ2n) is 5.81. The highest BCUT2D eigenvalue weighted by Crippen LogP contribution is 2.34. The molecule has 0 aliphatic rings. The molecule has 0 aliphatic heterocycles. The minimum Gasteiger partial charge on any atom is -0.503 e. The number of carbonyl (C=O) groups is 2. The van der Waals surface area contributed by atoms with E-state index in [1.165, 1.54) is 12.3 Å². The van der Waals surface area contributed by atoms with E-state index in [4.69, 9.17) is 21.1 Å². The Morgan fingerprint density at radius 3 is 2.62 bits per heavy atom. The van der Waals surface area contributed by atoms with Gasteiger partial charge in [0.1, 0.15) is 5.75 Å². The van der Waals surface area contributed by atoms with Crippen molar-refractivity contribution in [1.29, 1.82) is 0 Å². The number of nitrogens with one attached hydrogen (secondary N) is 2. The van der Waals surface area contributed by atoms with Crippen LogP contribution in [0.5, 0.6) is 17.2 Å². The van der Waals surface area contributed by atoms with Gasteiger partial charge < -0.3 is 19.9 Å². The molecule has 154 valence electrons. The molecule has 0 aliphatic carbocycles. The minimum atomic E-state index is -0.369. The molecular formula is C20H22ClN3O5. The molecule has 0 fully saturated rings. The van der Waals surface area contributed by atoms with Crippen molar-refractivity contribution >= 4 is 29.6 Å². The number of amides is 2. The molecule has 3 N–H and O–H groups in total. The lowest BCUT2D eigenvalue weighted by molar-refractivity contribution is -0.120. The van der Waals surface area contributed by atoms with E-state index in [9.17, 15) is 14.7 Å². The molecule has 0 saturated carbocycles. The average molecular weight is 420 g/mol. The van der Waals surface area contributed by atoms with Gasteiger partial charge >= 0.3 is 0 Å². The summed E-state index contributed by atoms with van der Waals surface area (Å²) in [5.41, 5.74) is 3.38. The first kappa shape index (κ1) is 22.0. The average Bonchev–Trinajstić information content (AvgIpc) is 2.71. The third-order valence-electron chi connectivity index (χ3n) is 3.74. The molecule has 0 spiro atoms. The van der Waals surface area contributed by atoms with E-state index in [0.29, 0.717) is 23.5 Å². The van der Waals surface area contributed by atoms with Crippen LogP contribution in [0.1, 0.15) is 29.3 Å². The van der Waals surface area contributed by atoms with Gasteiger partial charge in [-0.25, -0.2) is 5.43 Å². The van der Waals surface area contributed by atoms with Crippen LogP contribution in [-0.4, -0.2) is 43.4 Å². The third-order valence-corrected chi connectivity index (χ3v) is 4.03. The first-order valence-corrected chi connectivity index (χ1v) is 9.21. The fourth-order valence-corrected chi connectivity index (χ4v) is 2.52. The summed E-state index contributed by atoms with van der Waals surface area (Å²) in [4.78, 5) is 23.9. The lowest BCUT2D eigenvalue weighted by atomic mass is 10.2. The summed E-state index contributed by atoms with van der Waals surface area (Å²) in [6.45, 7) is 2.30. The molecule has 0 heterocycles. The predicted molar refractivity (Wildman–Crippen MR) is 110 cm³/mol. The zero-order valence-corrected chi connectivity index (χ0v) is 16.8. The van der Waals surface area contributed by atoms with Crippen LogP contribution in [-0.2, 0) is 4.79 Å². The largest absolute Gasteiger partial charge is 0.503 e. The summed E-state index contributed by atoms with van der Waals surface area (Å²) < 4.78 is 10.3. The van der Waals surface area contributed by atoms with Gasteiger partial charge in [-0.05, 0) is 48.9 Å². The van der Waals surface area contributed by atoms with Gasteiger partial charge in [0, 0.05) is 18.5 Å². The van der Waals surface area contributed by atoms with Crippen molar-refractivity contribution in [3.8, 4) is 17.2 Å². The fourth-order valence-electron chi connectivity index (χ4n) is 2.30. The third kappa shape index (κ3) is 6.69. The highest BCUT2D eigenvalue weighted by Gasteiger charge is 2.09. The maximum absolute atomic E-state index is 12.0. The summed E-state index contributed by atoms with van der Waals surface area (Å²) in [6.07, 6.45) is 1.43. The highest BCUT2D eigenvalue weighted by molar-refractivity contribution is 6.32. The number of hydrazone groups is 1. The maximum Gasteiger partial charge on any atom is 0.251 e. The van der Waals surface area contributed by atoms with Crippen molar-refractivity contribution in [2.45, 2.75) is 13.3 Å². The van der Waals surface area contributed by atoms with Crippen molar-refractivity contribution in [3.63, 3.8) is 0 Å². The Morgan fingerprint density at radius 2 is 1.97 bits per heavy atom. The molecule has 0 atom stereocenters. The Kier molecular flexibility index (Phi) is 8.29. The van der Waals surface area contributed by atoms with Crippen LogP contribution in [0.2, 0.25) is 5.02 Å². The fraction of sp³-hybridized carbons (Fsp3) is 0.250. The van der Waals surface area contributed by atoms with Crippen LogP contribution in [0.25, 0.3) is 0 Å². The first-order chi connectivity index (χ1) is 13.9. The smallest absolute Gasteiger partial charge is 0.251 e. The number of methoxy groups -OCH3 is 1. The molecule has 29 heavy (non-hydrogen) atoms. The van der Waals surface area contributed by atoms with E-state index in [-0.39, 0.29) is 41.3 Å². The molecule has 0 aromatic heterocycles. The van der Waals surface area contributed by atoms with E-state index in [1.54, 1.807) is 44.4 Å². The van der Waals surface area contributed by atoms with E-state index < -0.39 is 0 Å². The number of hydrogen-bond acceptors (Lipinski definition) is 6. The summed E-state index contributed by atoms with van der Waals surface area (Å²) in [5.74, 6) is 0.0794. The van der Waals surface area contributed by atoms with Gasteiger partial charge in [0.05, 0.1) is 25.0 Å². The normalized spacial score (nSPS) is 10.6. The summed E-state index contributed by atoms with van der Waals surface area (Å²) in [6, 6.07) is 9.68. The Morgan fingerprint density at radius 1 is 1.24 bits per heavy atom. The molecule has 0 saturated heterocycles. The molecule has 0 unspecified atom stereocenters. The van der Waals surface area contributed by atoms with Crippen molar-refractivity contribution < 1.29 is 24.2 Å². The molecule has 2 amide bonds. The van der Waals surface area contributed by atoms with Gasteiger partial charge in [0.25, 0.3) is 5.91 Å².